The summed E-state index contributed by atoms with van der Waals surface area (Å²) >= 11 is 5.76. The SMILES string of the molecule is N#Cc1cccc(S(=O)(=O)Nc2c(F)cccc2Cl)c1. The lowest BCUT2D eigenvalue weighted by molar-refractivity contribution is 0.598. The van der Waals surface area contributed by atoms with E-state index in [-0.39, 0.29) is 21.2 Å². The number of benzene rings is 2. The van der Waals surface area contributed by atoms with E-state index in [1.807, 2.05) is 6.07 Å². The summed E-state index contributed by atoms with van der Waals surface area (Å²) in [6.45, 7) is 0. The van der Waals surface area contributed by atoms with Gasteiger partial charge in [0.15, 0.2) is 0 Å². The van der Waals surface area contributed by atoms with Crippen LogP contribution in [0.25, 0.3) is 0 Å². The van der Waals surface area contributed by atoms with Crippen LogP contribution in [-0.4, -0.2) is 8.42 Å². The Kier molecular flexibility index (Phi) is 3.93. The molecule has 0 saturated heterocycles. The number of sulfonamides is 1. The number of halogens is 2. The third-order valence-corrected chi connectivity index (χ3v) is 4.13. The van der Waals surface area contributed by atoms with E-state index in [0.29, 0.717) is 0 Å². The maximum absolute atomic E-state index is 13.6. The Morgan fingerprint density at radius 2 is 1.90 bits per heavy atom. The highest BCUT2D eigenvalue weighted by Crippen LogP contribution is 2.27. The standard InChI is InChI=1S/C13H8ClFN2O2S/c14-11-5-2-6-12(15)13(11)17-20(18,19)10-4-1-3-9(7-10)8-16/h1-7,17H. The predicted molar refractivity (Wildman–Crippen MR) is 73.4 cm³/mol. The largest absolute Gasteiger partial charge is 0.275 e. The first-order chi connectivity index (χ1) is 9.44. The van der Waals surface area contributed by atoms with Gasteiger partial charge in [0, 0.05) is 0 Å². The van der Waals surface area contributed by atoms with Crippen molar-refractivity contribution in [2.75, 3.05) is 4.72 Å². The van der Waals surface area contributed by atoms with Crippen molar-refractivity contribution in [1.82, 2.24) is 0 Å². The van der Waals surface area contributed by atoms with Gasteiger partial charge in [-0.25, -0.2) is 12.8 Å². The summed E-state index contributed by atoms with van der Waals surface area (Å²) in [5.41, 5.74) is -0.135. The first-order valence-corrected chi connectivity index (χ1v) is 7.27. The quantitative estimate of drug-likeness (QED) is 0.946. The van der Waals surface area contributed by atoms with Crippen molar-refractivity contribution in [3.8, 4) is 6.07 Å². The molecule has 0 aliphatic carbocycles. The molecule has 2 rings (SSSR count). The average Bonchev–Trinajstić information content (AvgIpc) is 2.43. The molecular weight excluding hydrogens is 303 g/mol. The highest BCUT2D eigenvalue weighted by Gasteiger charge is 2.18. The molecule has 0 aliphatic heterocycles. The van der Waals surface area contributed by atoms with E-state index in [2.05, 4.69) is 4.72 Å². The van der Waals surface area contributed by atoms with Gasteiger partial charge in [-0.15, -0.1) is 0 Å². The van der Waals surface area contributed by atoms with Gasteiger partial charge < -0.3 is 0 Å². The van der Waals surface area contributed by atoms with Crippen LogP contribution in [0.15, 0.2) is 47.4 Å². The Morgan fingerprint density at radius 3 is 2.55 bits per heavy atom. The smallest absolute Gasteiger partial charge is 0.262 e. The summed E-state index contributed by atoms with van der Waals surface area (Å²) in [5, 5.41) is 8.71. The number of nitrogens with zero attached hydrogens (tertiary/aromatic N) is 1. The first kappa shape index (κ1) is 14.3. The van der Waals surface area contributed by atoms with E-state index in [9.17, 15) is 12.8 Å². The molecule has 0 radical (unpaired) electrons. The number of hydrogen-bond donors (Lipinski definition) is 1. The summed E-state index contributed by atoms with van der Waals surface area (Å²) in [6.07, 6.45) is 0. The molecule has 0 spiro atoms. The van der Waals surface area contributed by atoms with E-state index in [1.54, 1.807) is 0 Å². The Bertz CT molecular complexity index is 780. The lowest BCUT2D eigenvalue weighted by Crippen LogP contribution is -2.14. The minimum absolute atomic E-state index is 0.0509. The van der Waals surface area contributed by atoms with Crippen LogP contribution in [0.1, 0.15) is 5.56 Å². The Hall–Kier alpha value is -2.10. The molecule has 7 heteroatoms. The highest BCUT2D eigenvalue weighted by molar-refractivity contribution is 7.92. The highest BCUT2D eigenvalue weighted by atomic mass is 35.5. The number of para-hydroxylation sites is 1. The van der Waals surface area contributed by atoms with E-state index in [4.69, 9.17) is 16.9 Å². The summed E-state index contributed by atoms with van der Waals surface area (Å²) < 4.78 is 39.9. The van der Waals surface area contributed by atoms with E-state index >= 15 is 0 Å². The molecule has 0 amide bonds. The van der Waals surface area contributed by atoms with Gasteiger partial charge in [-0.05, 0) is 30.3 Å². The van der Waals surface area contributed by atoms with E-state index in [1.165, 1.54) is 36.4 Å². The molecule has 20 heavy (non-hydrogen) atoms. The van der Waals surface area contributed by atoms with Crippen molar-refractivity contribution in [3.63, 3.8) is 0 Å². The van der Waals surface area contributed by atoms with E-state index < -0.39 is 15.8 Å². The first-order valence-electron chi connectivity index (χ1n) is 5.41. The van der Waals surface area contributed by atoms with Crippen LogP contribution in [0.2, 0.25) is 5.02 Å². The monoisotopic (exact) mass is 310 g/mol. The van der Waals surface area contributed by atoms with Crippen molar-refractivity contribution in [2.24, 2.45) is 0 Å². The van der Waals surface area contributed by atoms with Gasteiger partial charge in [-0.1, -0.05) is 23.7 Å². The van der Waals surface area contributed by atoms with E-state index in [0.717, 1.165) is 6.07 Å². The minimum Gasteiger partial charge on any atom is -0.275 e. The Balaban J connectivity index is 2.44. The number of nitriles is 1. The Morgan fingerprint density at radius 1 is 1.20 bits per heavy atom. The summed E-state index contributed by atoms with van der Waals surface area (Å²) in [7, 11) is -4.02. The van der Waals surface area contributed by atoms with Crippen LogP contribution in [0.5, 0.6) is 0 Å². The molecule has 1 N–H and O–H groups in total. The number of anilines is 1. The van der Waals surface area contributed by atoms with Crippen LogP contribution in [0.3, 0.4) is 0 Å². The van der Waals surface area contributed by atoms with Gasteiger partial charge in [0.25, 0.3) is 10.0 Å². The topological polar surface area (TPSA) is 70.0 Å². The zero-order chi connectivity index (χ0) is 14.8. The molecule has 0 heterocycles. The molecule has 0 aromatic heterocycles. The molecule has 0 bridgehead atoms. The fraction of sp³-hybridized carbons (Fsp3) is 0. The number of rotatable bonds is 3. The molecule has 0 unspecified atom stereocenters. The molecule has 2 aromatic rings. The normalized spacial score (nSPS) is 10.8. The second-order valence-corrected chi connectivity index (χ2v) is 5.93. The summed E-state index contributed by atoms with van der Waals surface area (Å²) in [5.74, 6) is -0.780. The van der Waals surface area contributed by atoms with Gasteiger partial charge in [0.05, 0.1) is 21.6 Å². The van der Waals surface area contributed by atoms with Gasteiger partial charge in [-0.2, -0.15) is 5.26 Å². The lowest BCUT2D eigenvalue weighted by atomic mass is 10.2. The fourth-order valence-corrected chi connectivity index (χ4v) is 2.92. The van der Waals surface area contributed by atoms with Crippen LogP contribution in [0, 0.1) is 17.1 Å². The molecule has 0 fully saturated rings. The van der Waals surface area contributed by atoms with Crippen molar-refractivity contribution < 1.29 is 12.8 Å². The van der Waals surface area contributed by atoms with Crippen LogP contribution >= 0.6 is 11.6 Å². The second-order valence-electron chi connectivity index (χ2n) is 3.84. The zero-order valence-corrected chi connectivity index (χ0v) is 11.5. The van der Waals surface area contributed by atoms with Gasteiger partial charge in [-0.3, -0.25) is 4.72 Å². The lowest BCUT2D eigenvalue weighted by Gasteiger charge is -2.10. The van der Waals surface area contributed by atoms with Crippen LogP contribution < -0.4 is 4.72 Å². The van der Waals surface area contributed by atoms with Gasteiger partial charge in [0.2, 0.25) is 0 Å². The van der Waals surface area contributed by atoms with Crippen molar-refractivity contribution in [3.05, 3.63) is 58.9 Å². The summed E-state index contributed by atoms with van der Waals surface area (Å²) in [6, 6.07) is 11.1. The number of hydrogen-bond acceptors (Lipinski definition) is 3. The Labute approximate surface area is 120 Å². The van der Waals surface area contributed by atoms with Crippen molar-refractivity contribution >= 4 is 27.3 Å². The number of nitrogens with one attached hydrogen (secondary N) is 1. The molecular formula is C13H8ClFN2O2S. The average molecular weight is 311 g/mol. The fourth-order valence-electron chi connectivity index (χ4n) is 1.52. The molecule has 4 nitrogen and oxygen atoms in total. The molecule has 2 aromatic carbocycles. The maximum atomic E-state index is 13.6. The molecule has 0 saturated carbocycles. The summed E-state index contributed by atoms with van der Waals surface area (Å²) in [4.78, 5) is -0.143. The minimum atomic E-state index is -4.02. The maximum Gasteiger partial charge on any atom is 0.262 e. The second kappa shape index (κ2) is 5.49. The van der Waals surface area contributed by atoms with Gasteiger partial charge >= 0.3 is 0 Å². The molecule has 0 atom stereocenters. The third-order valence-electron chi connectivity index (χ3n) is 2.47. The predicted octanol–water partition coefficient (Wildman–Crippen LogP) is 3.15. The third kappa shape index (κ3) is 2.90. The molecule has 102 valence electrons. The van der Waals surface area contributed by atoms with Crippen LogP contribution in [0.4, 0.5) is 10.1 Å². The molecule has 0 aliphatic rings. The van der Waals surface area contributed by atoms with Crippen LogP contribution in [-0.2, 0) is 10.0 Å². The zero-order valence-electron chi connectivity index (χ0n) is 9.97. The van der Waals surface area contributed by atoms with Gasteiger partial charge in [0.1, 0.15) is 11.5 Å². The van der Waals surface area contributed by atoms with Crippen molar-refractivity contribution in [2.45, 2.75) is 4.90 Å². The van der Waals surface area contributed by atoms with Crippen molar-refractivity contribution in [1.29, 1.82) is 5.26 Å².